The fourth-order valence-corrected chi connectivity index (χ4v) is 1.17. The molecule has 0 atom stereocenters. The molecule has 0 heterocycles. The van der Waals surface area contributed by atoms with E-state index in [0.717, 1.165) is 12.1 Å². The lowest BCUT2D eigenvalue weighted by Crippen LogP contribution is -2.18. The monoisotopic (exact) mass is 255 g/mol. The number of rotatable bonds is 3. The molecule has 0 aliphatic carbocycles. The van der Waals surface area contributed by atoms with Gasteiger partial charge in [-0.05, 0) is 11.6 Å². The SMILES string of the molecule is O=[N+]([O-])c1ccc(CCl)cc1OC(F)(F)F. The molecule has 0 radical (unpaired) electrons. The summed E-state index contributed by atoms with van der Waals surface area (Å²) in [7, 11) is 0. The quantitative estimate of drug-likeness (QED) is 0.473. The Bertz CT molecular complexity index is 408. The Morgan fingerprint density at radius 2 is 2.06 bits per heavy atom. The van der Waals surface area contributed by atoms with Gasteiger partial charge in [0.15, 0.2) is 0 Å². The summed E-state index contributed by atoms with van der Waals surface area (Å²) in [5, 5.41) is 10.4. The fourth-order valence-electron chi connectivity index (χ4n) is 0.999. The van der Waals surface area contributed by atoms with Gasteiger partial charge < -0.3 is 4.74 Å². The van der Waals surface area contributed by atoms with Crippen LogP contribution in [0.3, 0.4) is 0 Å². The molecule has 4 nitrogen and oxygen atoms in total. The smallest absolute Gasteiger partial charge is 0.398 e. The highest BCUT2D eigenvalue weighted by atomic mass is 35.5. The molecule has 0 amide bonds. The molecule has 0 N–H and O–H groups in total. The lowest BCUT2D eigenvalue weighted by atomic mass is 10.2. The molecule has 8 heteroatoms. The van der Waals surface area contributed by atoms with E-state index in [4.69, 9.17) is 11.6 Å². The van der Waals surface area contributed by atoms with Crippen LogP contribution in [-0.4, -0.2) is 11.3 Å². The van der Waals surface area contributed by atoms with E-state index in [1.54, 1.807) is 0 Å². The van der Waals surface area contributed by atoms with Gasteiger partial charge in [-0.2, -0.15) is 0 Å². The third-order valence-corrected chi connectivity index (χ3v) is 1.91. The summed E-state index contributed by atoms with van der Waals surface area (Å²) in [4.78, 5) is 9.47. The van der Waals surface area contributed by atoms with Gasteiger partial charge in [-0.25, -0.2) is 0 Å². The number of halogens is 4. The number of nitrogens with zero attached hydrogens (tertiary/aromatic N) is 1. The lowest BCUT2D eigenvalue weighted by Gasteiger charge is -2.09. The Hall–Kier alpha value is -1.50. The predicted molar refractivity (Wildman–Crippen MR) is 49.3 cm³/mol. The Labute approximate surface area is 92.7 Å². The number of alkyl halides is 4. The Morgan fingerprint density at radius 1 is 1.44 bits per heavy atom. The van der Waals surface area contributed by atoms with Gasteiger partial charge in [0, 0.05) is 11.9 Å². The van der Waals surface area contributed by atoms with E-state index >= 15 is 0 Å². The zero-order valence-electron chi connectivity index (χ0n) is 7.62. The van der Waals surface area contributed by atoms with Crippen LogP contribution in [0.2, 0.25) is 0 Å². The van der Waals surface area contributed by atoms with Gasteiger partial charge in [0.1, 0.15) is 0 Å². The summed E-state index contributed by atoms with van der Waals surface area (Å²) < 4.78 is 39.4. The van der Waals surface area contributed by atoms with Gasteiger partial charge in [-0.3, -0.25) is 10.1 Å². The first-order valence-electron chi connectivity index (χ1n) is 3.92. The molecule has 0 aliphatic rings. The van der Waals surface area contributed by atoms with Gasteiger partial charge in [-0.1, -0.05) is 6.07 Å². The molecule has 88 valence electrons. The molecule has 1 aromatic rings. The Balaban J connectivity index is 3.15. The van der Waals surface area contributed by atoms with E-state index in [1.807, 2.05) is 0 Å². The molecular weight excluding hydrogens is 251 g/mol. The van der Waals surface area contributed by atoms with Gasteiger partial charge in [0.05, 0.1) is 4.92 Å². The normalized spacial score (nSPS) is 11.2. The maximum atomic E-state index is 11.9. The molecule has 0 saturated carbocycles. The lowest BCUT2D eigenvalue weighted by molar-refractivity contribution is -0.388. The number of ether oxygens (including phenoxy) is 1. The van der Waals surface area contributed by atoms with Gasteiger partial charge in [0.25, 0.3) is 0 Å². The van der Waals surface area contributed by atoms with E-state index in [-0.39, 0.29) is 5.88 Å². The van der Waals surface area contributed by atoms with Crippen molar-refractivity contribution in [1.29, 1.82) is 0 Å². The van der Waals surface area contributed by atoms with Crippen LogP contribution < -0.4 is 4.74 Å². The summed E-state index contributed by atoms with van der Waals surface area (Å²) in [5.74, 6) is -0.928. The van der Waals surface area contributed by atoms with Crippen LogP contribution in [0.25, 0.3) is 0 Å². The van der Waals surface area contributed by atoms with Crippen molar-refractivity contribution in [2.75, 3.05) is 0 Å². The molecule has 0 fully saturated rings. The Morgan fingerprint density at radius 3 is 2.50 bits per heavy atom. The highest BCUT2D eigenvalue weighted by Crippen LogP contribution is 2.33. The molecule has 0 unspecified atom stereocenters. The van der Waals surface area contributed by atoms with E-state index in [9.17, 15) is 23.3 Å². The molecular formula is C8H5ClF3NO3. The third kappa shape index (κ3) is 3.27. The fraction of sp³-hybridized carbons (Fsp3) is 0.250. The molecule has 0 aliphatic heterocycles. The van der Waals surface area contributed by atoms with Gasteiger partial charge >= 0.3 is 12.0 Å². The van der Waals surface area contributed by atoms with Gasteiger partial charge in [-0.15, -0.1) is 24.8 Å². The highest BCUT2D eigenvalue weighted by molar-refractivity contribution is 6.17. The number of hydrogen-bond donors (Lipinski definition) is 0. The molecule has 0 saturated heterocycles. The topological polar surface area (TPSA) is 52.4 Å². The zero-order valence-corrected chi connectivity index (χ0v) is 8.38. The molecule has 0 aromatic heterocycles. The first kappa shape index (κ1) is 12.6. The van der Waals surface area contributed by atoms with Crippen molar-refractivity contribution in [2.24, 2.45) is 0 Å². The van der Waals surface area contributed by atoms with Crippen LogP contribution in [0.1, 0.15) is 5.56 Å². The first-order chi connectivity index (χ1) is 7.33. The summed E-state index contributed by atoms with van der Waals surface area (Å²) in [5.41, 5.74) is -0.460. The van der Waals surface area contributed by atoms with E-state index in [0.29, 0.717) is 5.56 Å². The van der Waals surface area contributed by atoms with E-state index < -0.39 is 22.7 Å². The minimum Gasteiger partial charge on any atom is -0.398 e. The number of benzene rings is 1. The van der Waals surface area contributed by atoms with E-state index in [2.05, 4.69) is 4.74 Å². The second-order valence-corrected chi connectivity index (χ2v) is 3.01. The van der Waals surface area contributed by atoms with E-state index in [1.165, 1.54) is 6.07 Å². The van der Waals surface area contributed by atoms with Crippen LogP contribution in [0, 0.1) is 10.1 Å². The average molecular weight is 256 g/mol. The van der Waals surface area contributed by atoms with Crippen molar-refractivity contribution in [2.45, 2.75) is 12.2 Å². The van der Waals surface area contributed by atoms with Crippen LogP contribution in [-0.2, 0) is 5.88 Å². The summed E-state index contributed by atoms with van der Waals surface area (Å²) in [6.07, 6.45) is -4.98. The standard InChI is InChI=1S/C8H5ClF3NO3/c9-4-5-1-2-6(13(14)15)7(3-5)16-8(10,11)12/h1-3H,4H2. The number of nitro benzene ring substituents is 1. The van der Waals surface area contributed by atoms with Crippen molar-refractivity contribution < 1.29 is 22.8 Å². The van der Waals surface area contributed by atoms with Crippen LogP contribution in [0.15, 0.2) is 18.2 Å². The third-order valence-electron chi connectivity index (χ3n) is 1.60. The van der Waals surface area contributed by atoms with Crippen molar-refractivity contribution in [3.8, 4) is 5.75 Å². The maximum Gasteiger partial charge on any atom is 0.573 e. The number of nitro groups is 1. The van der Waals surface area contributed by atoms with Crippen molar-refractivity contribution in [1.82, 2.24) is 0 Å². The zero-order chi connectivity index (χ0) is 12.3. The molecule has 1 aromatic carbocycles. The molecule has 0 bridgehead atoms. The van der Waals surface area contributed by atoms with Crippen LogP contribution in [0.4, 0.5) is 18.9 Å². The van der Waals surface area contributed by atoms with Gasteiger partial charge in [0.2, 0.25) is 5.75 Å². The van der Waals surface area contributed by atoms with Crippen molar-refractivity contribution in [3.05, 3.63) is 33.9 Å². The highest BCUT2D eigenvalue weighted by Gasteiger charge is 2.34. The second kappa shape index (κ2) is 4.56. The Kier molecular flexibility index (Phi) is 3.58. The molecule has 1 rings (SSSR count). The van der Waals surface area contributed by atoms with Crippen molar-refractivity contribution in [3.63, 3.8) is 0 Å². The summed E-state index contributed by atoms with van der Waals surface area (Å²) >= 11 is 5.40. The second-order valence-electron chi connectivity index (χ2n) is 2.74. The summed E-state index contributed by atoms with van der Waals surface area (Å²) in [6.45, 7) is 0. The van der Waals surface area contributed by atoms with Crippen molar-refractivity contribution >= 4 is 17.3 Å². The minimum atomic E-state index is -4.98. The number of hydrogen-bond acceptors (Lipinski definition) is 3. The predicted octanol–water partition coefficient (Wildman–Crippen LogP) is 3.23. The minimum absolute atomic E-state index is 0.0633. The largest absolute Gasteiger partial charge is 0.573 e. The molecule has 16 heavy (non-hydrogen) atoms. The molecule has 0 spiro atoms. The van der Waals surface area contributed by atoms with Crippen LogP contribution in [0.5, 0.6) is 5.75 Å². The summed E-state index contributed by atoms with van der Waals surface area (Å²) in [6, 6.07) is 3.06. The van der Waals surface area contributed by atoms with Crippen LogP contribution >= 0.6 is 11.6 Å². The maximum absolute atomic E-state index is 11.9. The first-order valence-corrected chi connectivity index (χ1v) is 4.46. The average Bonchev–Trinajstić information content (AvgIpc) is 2.14.